The predicted molar refractivity (Wildman–Crippen MR) is 77.5 cm³/mol. The van der Waals surface area contributed by atoms with Crippen molar-refractivity contribution in [1.29, 1.82) is 0 Å². The molecule has 1 heterocycles. The number of phenolic OH excluding ortho intramolecular Hbond substituents is 2. The smallest absolute Gasteiger partial charge is 0.126 e. The first-order valence-electron chi connectivity index (χ1n) is 6.85. The molecule has 0 radical (unpaired) electrons. The van der Waals surface area contributed by atoms with Gasteiger partial charge in [-0.05, 0) is 42.2 Å². The Labute approximate surface area is 118 Å². The Balaban J connectivity index is 2.01. The first kappa shape index (κ1) is 12.9. The number of phenols is 2. The van der Waals surface area contributed by atoms with Gasteiger partial charge in [-0.2, -0.15) is 0 Å². The summed E-state index contributed by atoms with van der Waals surface area (Å²) in [5.41, 5.74) is 2.26. The van der Waals surface area contributed by atoms with Gasteiger partial charge in [-0.3, -0.25) is 0 Å². The summed E-state index contributed by atoms with van der Waals surface area (Å²) in [7, 11) is 0. The molecule has 0 aliphatic carbocycles. The van der Waals surface area contributed by atoms with Gasteiger partial charge in [0.25, 0.3) is 0 Å². The Morgan fingerprint density at radius 2 is 1.55 bits per heavy atom. The SMILES string of the molecule is CC1Oc2cc(O)ccc2C(C)C1c1ccc(O)cc1. The Morgan fingerprint density at radius 3 is 2.25 bits per heavy atom. The molecule has 0 saturated heterocycles. The average Bonchev–Trinajstić information content (AvgIpc) is 2.40. The molecule has 0 spiro atoms. The molecule has 3 rings (SSSR count). The number of fused-ring (bicyclic) bond motifs is 1. The highest BCUT2D eigenvalue weighted by atomic mass is 16.5. The topological polar surface area (TPSA) is 49.7 Å². The van der Waals surface area contributed by atoms with Gasteiger partial charge in [-0.25, -0.2) is 0 Å². The third-order valence-corrected chi connectivity index (χ3v) is 4.12. The molecule has 3 nitrogen and oxygen atoms in total. The van der Waals surface area contributed by atoms with Gasteiger partial charge < -0.3 is 14.9 Å². The number of rotatable bonds is 1. The quantitative estimate of drug-likeness (QED) is 0.829. The van der Waals surface area contributed by atoms with Gasteiger partial charge in [0.05, 0.1) is 0 Å². The molecule has 104 valence electrons. The zero-order valence-corrected chi connectivity index (χ0v) is 11.6. The van der Waals surface area contributed by atoms with E-state index < -0.39 is 0 Å². The lowest BCUT2D eigenvalue weighted by Gasteiger charge is -2.37. The van der Waals surface area contributed by atoms with Gasteiger partial charge in [0, 0.05) is 12.0 Å². The van der Waals surface area contributed by atoms with Crippen molar-refractivity contribution in [3.63, 3.8) is 0 Å². The van der Waals surface area contributed by atoms with Crippen LogP contribution < -0.4 is 4.74 Å². The molecule has 0 aromatic heterocycles. The van der Waals surface area contributed by atoms with Crippen molar-refractivity contribution in [2.24, 2.45) is 0 Å². The molecule has 3 heteroatoms. The molecular weight excluding hydrogens is 252 g/mol. The molecule has 0 saturated carbocycles. The van der Waals surface area contributed by atoms with Crippen molar-refractivity contribution in [3.05, 3.63) is 53.6 Å². The van der Waals surface area contributed by atoms with Crippen LogP contribution in [0, 0.1) is 0 Å². The Kier molecular flexibility index (Phi) is 3.05. The zero-order valence-electron chi connectivity index (χ0n) is 11.6. The normalized spacial score (nSPS) is 24.8. The number of ether oxygens (including phenoxy) is 1. The van der Waals surface area contributed by atoms with E-state index in [0.717, 1.165) is 16.9 Å². The Morgan fingerprint density at radius 1 is 0.900 bits per heavy atom. The van der Waals surface area contributed by atoms with Crippen LogP contribution in [0.4, 0.5) is 0 Å². The van der Waals surface area contributed by atoms with E-state index in [0.29, 0.717) is 5.92 Å². The van der Waals surface area contributed by atoms with Crippen LogP contribution in [-0.2, 0) is 0 Å². The summed E-state index contributed by atoms with van der Waals surface area (Å²) in [4.78, 5) is 0. The second-order valence-corrected chi connectivity index (χ2v) is 5.45. The van der Waals surface area contributed by atoms with Crippen molar-refractivity contribution in [3.8, 4) is 17.2 Å². The monoisotopic (exact) mass is 270 g/mol. The minimum absolute atomic E-state index is 0.0174. The van der Waals surface area contributed by atoms with Gasteiger partial charge in [0.15, 0.2) is 0 Å². The van der Waals surface area contributed by atoms with Crippen molar-refractivity contribution < 1.29 is 14.9 Å². The van der Waals surface area contributed by atoms with E-state index in [9.17, 15) is 10.2 Å². The highest BCUT2D eigenvalue weighted by Gasteiger charge is 2.34. The Hall–Kier alpha value is -2.16. The predicted octanol–water partition coefficient (Wildman–Crippen LogP) is 3.77. The summed E-state index contributed by atoms with van der Waals surface area (Å²) in [6.07, 6.45) is 0.0174. The molecule has 2 aromatic rings. The minimum Gasteiger partial charge on any atom is -0.508 e. The standard InChI is InChI=1S/C17H18O3/c1-10-15-8-7-14(19)9-16(15)20-11(2)17(10)12-3-5-13(18)6-4-12/h3-11,17-19H,1-2H3. The van der Waals surface area contributed by atoms with Crippen LogP contribution in [0.15, 0.2) is 42.5 Å². The van der Waals surface area contributed by atoms with Gasteiger partial charge in [-0.1, -0.05) is 25.1 Å². The Bertz CT molecular complexity index is 619. The molecule has 20 heavy (non-hydrogen) atoms. The van der Waals surface area contributed by atoms with Gasteiger partial charge in [-0.15, -0.1) is 0 Å². The molecule has 0 fully saturated rings. The third kappa shape index (κ3) is 2.09. The van der Waals surface area contributed by atoms with E-state index in [4.69, 9.17) is 4.74 Å². The van der Waals surface area contributed by atoms with E-state index in [1.807, 2.05) is 25.1 Å². The lowest BCUT2D eigenvalue weighted by molar-refractivity contribution is 0.152. The van der Waals surface area contributed by atoms with Crippen molar-refractivity contribution in [2.45, 2.75) is 31.8 Å². The molecule has 2 N–H and O–H groups in total. The largest absolute Gasteiger partial charge is 0.508 e. The number of hydrogen-bond donors (Lipinski definition) is 2. The summed E-state index contributed by atoms with van der Waals surface area (Å²) in [6, 6.07) is 12.6. The van der Waals surface area contributed by atoms with Crippen LogP contribution in [0.1, 0.15) is 36.8 Å². The van der Waals surface area contributed by atoms with Crippen LogP contribution in [-0.4, -0.2) is 16.3 Å². The minimum atomic E-state index is 0.0174. The summed E-state index contributed by atoms with van der Waals surface area (Å²) in [5.74, 6) is 1.79. The molecule has 3 atom stereocenters. The molecule has 3 unspecified atom stereocenters. The van der Waals surface area contributed by atoms with Crippen LogP contribution >= 0.6 is 0 Å². The molecule has 1 aliphatic heterocycles. The van der Waals surface area contributed by atoms with Crippen LogP contribution in [0.5, 0.6) is 17.2 Å². The van der Waals surface area contributed by atoms with E-state index in [2.05, 4.69) is 6.92 Å². The maximum Gasteiger partial charge on any atom is 0.126 e. The van der Waals surface area contributed by atoms with Crippen molar-refractivity contribution in [2.75, 3.05) is 0 Å². The summed E-state index contributed by atoms with van der Waals surface area (Å²) in [5, 5.41) is 19.0. The fourth-order valence-corrected chi connectivity index (χ4v) is 3.13. The van der Waals surface area contributed by atoms with Gasteiger partial charge >= 0.3 is 0 Å². The van der Waals surface area contributed by atoms with Gasteiger partial charge in [0.2, 0.25) is 0 Å². The van der Waals surface area contributed by atoms with E-state index in [1.165, 1.54) is 0 Å². The van der Waals surface area contributed by atoms with Crippen LogP contribution in [0.3, 0.4) is 0 Å². The molecule has 2 aromatic carbocycles. The number of hydrogen-bond acceptors (Lipinski definition) is 3. The maximum absolute atomic E-state index is 9.57. The van der Waals surface area contributed by atoms with E-state index in [1.54, 1.807) is 24.3 Å². The average molecular weight is 270 g/mol. The van der Waals surface area contributed by atoms with Crippen molar-refractivity contribution in [1.82, 2.24) is 0 Å². The lowest BCUT2D eigenvalue weighted by atomic mass is 9.77. The highest BCUT2D eigenvalue weighted by Crippen LogP contribution is 2.46. The number of aromatic hydroxyl groups is 2. The third-order valence-electron chi connectivity index (χ3n) is 4.12. The second kappa shape index (κ2) is 4.75. The number of benzene rings is 2. The summed E-state index contributed by atoms with van der Waals surface area (Å²) in [6.45, 7) is 4.22. The van der Waals surface area contributed by atoms with E-state index >= 15 is 0 Å². The molecule has 1 aliphatic rings. The van der Waals surface area contributed by atoms with E-state index in [-0.39, 0.29) is 23.5 Å². The van der Waals surface area contributed by atoms with Crippen LogP contribution in [0.25, 0.3) is 0 Å². The summed E-state index contributed by atoms with van der Waals surface area (Å²) < 4.78 is 5.96. The molecular formula is C17H18O3. The molecule has 0 amide bonds. The lowest BCUT2D eigenvalue weighted by Crippen LogP contribution is -2.31. The first-order valence-corrected chi connectivity index (χ1v) is 6.85. The zero-order chi connectivity index (χ0) is 14.3. The van der Waals surface area contributed by atoms with Gasteiger partial charge in [0.1, 0.15) is 23.4 Å². The fraction of sp³-hybridized carbons (Fsp3) is 0.294. The maximum atomic E-state index is 9.57. The van der Waals surface area contributed by atoms with Crippen molar-refractivity contribution >= 4 is 0 Å². The molecule has 0 bridgehead atoms. The second-order valence-electron chi connectivity index (χ2n) is 5.45. The summed E-state index contributed by atoms with van der Waals surface area (Å²) >= 11 is 0. The van der Waals surface area contributed by atoms with Crippen LogP contribution in [0.2, 0.25) is 0 Å². The first-order chi connectivity index (χ1) is 9.56. The fourth-order valence-electron chi connectivity index (χ4n) is 3.13. The highest BCUT2D eigenvalue weighted by molar-refractivity contribution is 5.46.